The van der Waals surface area contributed by atoms with Crippen molar-refractivity contribution in [3.8, 4) is 0 Å². The SMILES string of the molecule is CCC(CC)N(C)c1ccc(CNCCOC)cc1. The number of nitrogens with one attached hydrogen (secondary N) is 1. The summed E-state index contributed by atoms with van der Waals surface area (Å²) >= 11 is 0. The third-order valence-corrected chi connectivity index (χ3v) is 3.65. The Balaban J connectivity index is 2.51. The van der Waals surface area contributed by atoms with Gasteiger partial charge < -0.3 is 15.0 Å². The van der Waals surface area contributed by atoms with Crippen molar-refractivity contribution in [3.05, 3.63) is 29.8 Å². The summed E-state index contributed by atoms with van der Waals surface area (Å²) in [4.78, 5) is 2.38. The molecule has 0 aliphatic carbocycles. The van der Waals surface area contributed by atoms with Gasteiger partial charge in [0.1, 0.15) is 0 Å². The van der Waals surface area contributed by atoms with Crippen LogP contribution in [0.4, 0.5) is 5.69 Å². The van der Waals surface area contributed by atoms with Crippen molar-refractivity contribution >= 4 is 5.69 Å². The van der Waals surface area contributed by atoms with Gasteiger partial charge in [-0.2, -0.15) is 0 Å². The maximum absolute atomic E-state index is 5.01. The van der Waals surface area contributed by atoms with E-state index in [1.54, 1.807) is 7.11 Å². The van der Waals surface area contributed by atoms with Crippen LogP contribution < -0.4 is 10.2 Å². The van der Waals surface area contributed by atoms with E-state index in [2.05, 4.69) is 55.4 Å². The molecular formula is C16H28N2O. The zero-order valence-electron chi connectivity index (χ0n) is 12.8. The van der Waals surface area contributed by atoms with Crippen molar-refractivity contribution in [1.29, 1.82) is 0 Å². The molecule has 0 aliphatic heterocycles. The van der Waals surface area contributed by atoms with Crippen molar-refractivity contribution in [2.75, 3.05) is 32.2 Å². The molecule has 108 valence electrons. The molecular weight excluding hydrogens is 236 g/mol. The molecule has 1 rings (SSSR count). The van der Waals surface area contributed by atoms with Crippen molar-refractivity contribution in [2.24, 2.45) is 0 Å². The van der Waals surface area contributed by atoms with E-state index in [-0.39, 0.29) is 0 Å². The molecule has 0 unspecified atom stereocenters. The van der Waals surface area contributed by atoms with Crippen LogP contribution >= 0.6 is 0 Å². The van der Waals surface area contributed by atoms with Gasteiger partial charge in [0.25, 0.3) is 0 Å². The van der Waals surface area contributed by atoms with Gasteiger partial charge >= 0.3 is 0 Å². The van der Waals surface area contributed by atoms with Crippen LogP contribution in [0, 0.1) is 0 Å². The second-order valence-electron chi connectivity index (χ2n) is 4.92. The number of hydrogen-bond donors (Lipinski definition) is 1. The Bertz CT molecular complexity index is 333. The normalized spacial score (nSPS) is 11.0. The minimum atomic E-state index is 0.630. The maximum atomic E-state index is 5.01. The summed E-state index contributed by atoms with van der Waals surface area (Å²) in [6.45, 7) is 7.05. The molecule has 0 bridgehead atoms. The minimum Gasteiger partial charge on any atom is -0.383 e. The van der Waals surface area contributed by atoms with Gasteiger partial charge in [0.15, 0.2) is 0 Å². The van der Waals surface area contributed by atoms with Crippen LogP contribution in [0.1, 0.15) is 32.3 Å². The molecule has 19 heavy (non-hydrogen) atoms. The molecule has 3 nitrogen and oxygen atoms in total. The second-order valence-corrected chi connectivity index (χ2v) is 4.92. The quantitative estimate of drug-likeness (QED) is 0.694. The summed E-state index contributed by atoms with van der Waals surface area (Å²) in [5.41, 5.74) is 2.62. The summed E-state index contributed by atoms with van der Waals surface area (Å²) in [7, 11) is 3.91. The molecule has 0 radical (unpaired) electrons. The average molecular weight is 264 g/mol. The highest BCUT2D eigenvalue weighted by atomic mass is 16.5. The molecule has 1 N–H and O–H groups in total. The van der Waals surface area contributed by atoms with Crippen molar-refractivity contribution < 1.29 is 4.74 Å². The van der Waals surface area contributed by atoms with Gasteiger partial charge in [-0.05, 0) is 30.5 Å². The Morgan fingerprint density at radius 1 is 1.16 bits per heavy atom. The van der Waals surface area contributed by atoms with E-state index in [0.29, 0.717) is 6.04 Å². The maximum Gasteiger partial charge on any atom is 0.0587 e. The molecule has 0 saturated carbocycles. The van der Waals surface area contributed by atoms with Gasteiger partial charge in [-0.25, -0.2) is 0 Å². The van der Waals surface area contributed by atoms with E-state index in [1.807, 2.05) is 0 Å². The number of ether oxygens (including phenoxy) is 1. The highest BCUT2D eigenvalue weighted by Crippen LogP contribution is 2.19. The van der Waals surface area contributed by atoms with Gasteiger partial charge in [0.05, 0.1) is 6.61 Å². The number of anilines is 1. The van der Waals surface area contributed by atoms with E-state index in [4.69, 9.17) is 4.74 Å². The largest absolute Gasteiger partial charge is 0.383 e. The zero-order chi connectivity index (χ0) is 14.1. The molecule has 1 aromatic rings. The monoisotopic (exact) mass is 264 g/mol. The summed E-state index contributed by atoms with van der Waals surface area (Å²) in [5.74, 6) is 0. The van der Waals surface area contributed by atoms with Gasteiger partial charge in [-0.3, -0.25) is 0 Å². The molecule has 0 saturated heterocycles. The van der Waals surface area contributed by atoms with E-state index >= 15 is 0 Å². The standard InChI is InChI=1S/C16H28N2O/c1-5-15(6-2)18(3)16-9-7-14(8-10-16)13-17-11-12-19-4/h7-10,15,17H,5-6,11-13H2,1-4H3. The van der Waals surface area contributed by atoms with Crippen LogP contribution in [0.2, 0.25) is 0 Å². The highest BCUT2D eigenvalue weighted by Gasteiger charge is 2.10. The zero-order valence-corrected chi connectivity index (χ0v) is 12.8. The lowest BCUT2D eigenvalue weighted by Gasteiger charge is -2.28. The van der Waals surface area contributed by atoms with Crippen LogP contribution in [0.3, 0.4) is 0 Å². The second kappa shape index (κ2) is 8.94. The molecule has 0 fully saturated rings. The Kier molecular flexibility index (Phi) is 7.53. The lowest BCUT2D eigenvalue weighted by atomic mass is 10.1. The minimum absolute atomic E-state index is 0.630. The first kappa shape index (κ1) is 16.0. The van der Waals surface area contributed by atoms with Crippen molar-refractivity contribution in [3.63, 3.8) is 0 Å². The average Bonchev–Trinajstić information content (AvgIpc) is 2.45. The fourth-order valence-electron chi connectivity index (χ4n) is 2.30. The number of benzene rings is 1. The molecule has 0 aromatic heterocycles. The number of hydrogen-bond acceptors (Lipinski definition) is 3. The van der Waals surface area contributed by atoms with E-state index in [1.165, 1.54) is 24.1 Å². The summed E-state index contributed by atoms with van der Waals surface area (Å²) in [6.07, 6.45) is 2.38. The first-order valence-electron chi connectivity index (χ1n) is 7.24. The first-order valence-corrected chi connectivity index (χ1v) is 7.24. The predicted octanol–water partition coefficient (Wildman–Crippen LogP) is 3.05. The summed E-state index contributed by atoms with van der Waals surface area (Å²) < 4.78 is 5.01. The molecule has 0 heterocycles. The van der Waals surface area contributed by atoms with Gasteiger partial charge in [0.2, 0.25) is 0 Å². The Labute approximate surface area is 118 Å². The molecule has 0 amide bonds. The molecule has 0 aliphatic rings. The van der Waals surface area contributed by atoms with Crippen LogP contribution in [0.25, 0.3) is 0 Å². The Morgan fingerprint density at radius 2 is 1.79 bits per heavy atom. The lowest BCUT2D eigenvalue weighted by molar-refractivity contribution is 0.199. The summed E-state index contributed by atoms with van der Waals surface area (Å²) in [6, 6.07) is 9.46. The van der Waals surface area contributed by atoms with Crippen LogP contribution in [-0.2, 0) is 11.3 Å². The topological polar surface area (TPSA) is 24.5 Å². The third-order valence-electron chi connectivity index (χ3n) is 3.65. The predicted molar refractivity (Wildman–Crippen MR) is 82.8 cm³/mol. The van der Waals surface area contributed by atoms with Gasteiger partial charge in [-0.1, -0.05) is 26.0 Å². The molecule has 3 heteroatoms. The molecule has 0 atom stereocenters. The number of methoxy groups -OCH3 is 1. The molecule has 1 aromatic carbocycles. The van der Waals surface area contributed by atoms with E-state index in [0.717, 1.165) is 19.7 Å². The Morgan fingerprint density at radius 3 is 2.32 bits per heavy atom. The van der Waals surface area contributed by atoms with Crippen molar-refractivity contribution in [2.45, 2.75) is 39.3 Å². The van der Waals surface area contributed by atoms with E-state index in [9.17, 15) is 0 Å². The fourth-order valence-corrected chi connectivity index (χ4v) is 2.30. The van der Waals surface area contributed by atoms with Gasteiger partial charge in [0, 0.05) is 39.0 Å². The summed E-state index contributed by atoms with van der Waals surface area (Å²) in [5, 5.41) is 3.36. The Hall–Kier alpha value is -1.06. The van der Waals surface area contributed by atoms with Crippen LogP contribution in [0.15, 0.2) is 24.3 Å². The smallest absolute Gasteiger partial charge is 0.0587 e. The lowest BCUT2D eigenvalue weighted by Crippen LogP contribution is -2.30. The number of rotatable bonds is 9. The number of nitrogens with zero attached hydrogens (tertiary/aromatic N) is 1. The van der Waals surface area contributed by atoms with Crippen LogP contribution in [0.5, 0.6) is 0 Å². The van der Waals surface area contributed by atoms with Crippen molar-refractivity contribution in [1.82, 2.24) is 5.32 Å². The first-order chi connectivity index (χ1) is 9.22. The highest BCUT2D eigenvalue weighted by molar-refractivity contribution is 5.47. The fraction of sp³-hybridized carbons (Fsp3) is 0.625. The van der Waals surface area contributed by atoms with Gasteiger partial charge in [-0.15, -0.1) is 0 Å². The third kappa shape index (κ3) is 5.21. The molecule has 0 spiro atoms. The van der Waals surface area contributed by atoms with Crippen LogP contribution in [-0.4, -0.2) is 33.4 Å². The van der Waals surface area contributed by atoms with E-state index < -0.39 is 0 Å².